The number of aryl methyl sites for hydroxylation is 1. The minimum atomic E-state index is -0.919. The van der Waals surface area contributed by atoms with E-state index in [1.165, 1.54) is 27.4 Å². The number of rotatable bonds is 5. The van der Waals surface area contributed by atoms with Gasteiger partial charge in [-0.3, -0.25) is 24.1 Å². The minimum absolute atomic E-state index is 0.0383. The molecule has 33 heavy (non-hydrogen) atoms. The van der Waals surface area contributed by atoms with Crippen molar-refractivity contribution in [3.05, 3.63) is 49.9 Å². The lowest BCUT2D eigenvalue weighted by molar-refractivity contribution is -0.142. The van der Waals surface area contributed by atoms with E-state index in [-0.39, 0.29) is 76.8 Å². The molecule has 2 saturated carbocycles. The molecule has 0 spiro atoms. The quantitative estimate of drug-likeness (QED) is 0.632. The average molecular weight is 485 g/mol. The Kier molecular flexibility index (Phi) is 4.85. The minimum Gasteiger partial charge on any atom is -0.481 e. The van der Waals surface area contributed by atoms with Crippen LogP contribution in [0.1, 0.15) is 41.2 Å². The van der Waals surface area contributed by atoms with Crippen molar-refractivity contribution in [1.29, 1.82) is 0 Å². The van der Waals surface area contributed by atoms with Crippen LogP contribution in [-0.2, 0) is 14.4 Å². The molecule has 2 aliphatic heterocycles. The summed E-state index contributed by atoms with van der Waals surface area (Å²) in [7, 11) is 0. The molecule has 3 heterocycles. The van der Waals surface area contributed by atoms with Gasteiger partial charge >= 0.3 is 10.8 Å². The topological polar surface area (TPSA) is 108 Å². The van der Waals surface area contributed by atoms with Crippen LogP contribution < -0.4 is 4.87 Å². The molecule has 2 N–H and O–H groups in total. The maximum absolute atomic E-state index is 13.4. The van der Waals surface area contributed by atoms with E-state index < -0.39 is 5.97 Å². The average Bonchev–Trinajstić information content (AvgIpc) is 3.49. The number of aromatic amines is 1. The Labute approximate surface area is 198 Å². The molecular weight excluding hydrogens is 460 g/mol. The number of likely N-dealkylation sites (tertiary alicyclic amines) is 1. The molecule has 7 nitrogen and oxygen atoms in total. The number of benzene rings is 1. The summed E-state index contributed by atoms with van der Waals surface area (Å²) in [6, 6.07) is 8.26. The predicted octanol–water partition coefficient (Wildman–Crippen LogP) is 3.08. The molecule has 2 aromatic rings. The van der Waals surface area contributed by atoms with Gasteiger partial charge in [0.25, 0.3) is 0 Å². The summed E-state index contributed by atoms with van der Waals surface area (Å²) >= 11 is 2.96. The number of thiazole rings is 1. The standard InChI is InChI=1S/C24H24N2O5S2/c1-10-5-2-3-6-11(10)15-16-12-9-13(19(16)32-21-20(15)33-24(31)25-21)18-17(12)22(29)26(23(18)30)8-4-7-14(27)28/h2-3,5-6,12-13,15-19H,4,7-9H2,1H3,(H,25,31)(H,27,28)/t12-,13-,15-,16+,17-,18-,19-/m1/s1. The van der Waals surface area contributed by atoms with Gasteiger partial charge in [0, 0.05) is 29.0 Å². The Morgan fingerprint density at radius 1 is 1.15 bits per heavy atom. The van der Waals surface area contributed by atoms with Crippen LogP contribution in [-0.4, -0.2) is 44.6 Å². The highest BCUT2D eigenvalue weighted by molar-refractivity contribution is 8.00. The van der Waals surface area contributed by atoms with Gasteiger partial charge in [0.15, 0.2) is 0 Å². The van der Waals surface area contributed by atoms with Crippen LogP contribution in [0.15, 0.2) is 34.1 Å². The number of amides is 2. The molecule has 6 rings (SSSR count). The van der Waals surface area contributed by atoms with Gasteiger partial charge in [-0.05, 0) is 48.6 Å². The fourth-order valence-corrected chi connectivity index (χ4v) is 9.85. The predicted molar refractivity (Wildman–Crippen MR) is 123 cm³/mol. The molecule has 2 bridgehead atoms. The van der Waals surface area contributed by atoms with Crippen molar-refractivity contribution < 1.29 is 19.5 Å². The van der Waals surface area contributed by atoms with Gasteiger partial charge in [0.1, 0.15) is 0 Å². The third-order valence-electron chi connectivity index (χ3n) is 8.11. The molecule has 7 atom stereocenters. The maximum atomic E-state index is 13.4. The first kappa shape index (κ1) is 21.2. The van der Waals surface area contributed by atoms with Gasteiger partial charge in [-0.15, -0.1) is 11.8 Å². The van der Waals surface area contributed by atoms with E-state index in [2.05, 4.69) is 24.0 Å². The lowest BCUT2D eigenvalue weighted by Gasteiger charge is -2.43. The van der Waals surface area contributed by atoms with Crippen molar-refractivity contribution in [3.8, 4) is 0 Å². The van der Waals surface area contributed by atoms with Crippen LogP contribution in [0.25, 0.3) is 0 Å². The number of thioether (sulfide) groups is 1. The van der Waals surface area contributed by atoms with E-state index in [0.717, 1.165) is 16.3 Å². The first-order valence-corrected chi connectivity index (χ1v) is 13.1. The molecule has 0 radical (unpaired) electrons. The highest BCUT2D eigenvalue weighted by Crippen LogP contribution is 2.68. The number of aromatic nitrogens is 1. The van der Waals surface area contributed by atoms with Gasteiger partial charge in [0.05, 0.1) is 16.9 Å². The monoisotopic (exact) mass is 484 g/mol. The molecule has 2 aliphatic carbocycles. The molecule has 1 aromatic carbocycles. The van der Waals surface area contributed by atoms with Gasteiger partial charge < -0.3 is 10.1 Å². The van der Waals surface area contributed by atoms with E-state index >= 15 is 0 Å². The first-order chi connectivity index (χ1) is 15.9. The number of carbonyl (C=O) groups excluding carboxylic acids is 2. The number of nitrogens with one attached hydrogen (secondary N) is 1. The van der Waals surface area contributed by atoms with E-state index in [1.807, 2.05) is 12.1 Å². The SMILES string of the molecule is Cc1ccccc1[C@H]1c2sc(=O)[nH]c2S[C@@H]2[C@@H]3C[C@@H]([C@H]4C(=O)N(CCCC(=O)O)C(=O)[C@H]34)[C@@H]12. The number of fused-ring (bicyclic) bond motifs is 9. The number of imide groups is 1. The summed E-state index contributed by atoms with van der Waals surface area (Å²) < 4.78 is 0. The summed E-state index contributed by atoms with van der Waals surface area (Å²) in [4.78, 5) is 55.2. The third kappa shape index (κ3) is 3.01. The second-order valence-corrected chi connectivity index (χ2v) is 11.8. The summed E-state index contributed by atoms with van der Waals surface area (Å²) in [5.74, 6) is -1.39. The molecule has 0 unspecified atom stereocenters. The Bertz CT molecular complexity index is 1240. The Morgan fingerprint density at radius 2 is 1.88 bits per heavy atom. The molecule has 9 heteroatoms. The fourth-order valence-electron chi connectivity index (χ4n) is 6.97. The molecule has 3 fully saturated rings. The largest absolute Gasteiger partial charge is 0.481 e. The fraction of sp³-hybridized carbons (Fsp3) is 0.500. The third-order valence-corrected chi connectivity index (χ3v) is 10.7. The molecular formula is C24H24N2O5S2. The number of carboxylic acids is 1. The second kappa shape index (κ2) is 7.56. The van der Waals surface area contributed by atoms with Crippen LogP contribution in [0.4, 0.5) is 0 Å². The molecule has 1 aromatic heterocycles. The van der Waals surface area contributed by atoms with Crippen LogP contribution in [0.3, 0.4) is 0 Å². The smallest absolute Gasteiger partial charge is 0.305 e. The van der Waals surface area contributed by atoms with E-state index in [9.17, 15) is 19.2 Å². The summed E-state index contributed by atoms with van der Waals surface area (Å²) in [5, 5.41) is 10.0. The number of carbonyl (C=O) groups is 3. The van der Waals surface area contributed by atoms with Crippen LogP contribution >= 0.6 is 23.1 Å². The number of H-pyrrole nitrogens is 1. The van der Waals surface area contributed by atoms with Crippen LogP contribution in [0.2, 0.25) is 0 Å². The second-order valence-electron chi connectivity index (χ2n) is 9.64. The van der Waals surface area contributed by atoms with E-state index in [1.54, 1.807) is 11.8 Å². The normalized spacial score (nSPS) is 33.8. The summed E-state index contributed by atoms with van der Waals surface area (Å²) in [5.41, 5.74) is 2.37. The van der Waals surface area contributed by atoms with Crippen molar-refractivity contribution >= 4 is 40.9 Å². The highest BCUT2D eigenvalue weighted by atomic mass is 32.2. The molecule has 1 saturated heterocycles. The van der Waals surface area contributed by atoms with Gasteiger partial charge in [-0.2, -0.15) is 0 Å². The number of nitrogens with zero attached hydrogens (tertiary/aromatic N) is 1. The van der Waals surface area contributed by atoms with Gasteiger partial charge in [0.2, 0.25) is 11.8 Å². The van der Waals surface area contributed by atoms with E-state index in [0.29, 0.717) is 0 Å². The number of hydrogen-bond donors (Lipinski definition) is 2. The Morgan fingerprint density at radius 3 is 2.61 bits per heavy atom. The zero-order chi connectivity index (χ0) is 23.0. The lowest BCUT2D eigenvalue weighted by Crippen LogP contribution is -2.42. The molecule has 172 valence electrons. The molecule has 4 aliphatic rings. The Hall–Kier alpha value is -2.39. The van der Waals surface area contributed by atoms with Crippen LogP contribution in [0, 0.1) is 36.5 Å². The first-order valence-electron chi connectivity index (χ1n) is 11.4. The van der Waals surface area contributed by atoms with E-state index in [4.69, 9.17) is 5.11 Å². The van der Waals surface area contributed by atoms with Crippen molar-refractivity contribution in [2.45, 2.75) is 42.4 Å². The van der Waals surface area contributed by atoms with Crippen molar-refractivity contribution in [2.75, 3.05) is 6.54 Å². The number of aliphatic carboxylic acids is 1. The zero-order valence-electron chi connectivity index (χ0n) is 18.0. The zero-order valence-corrected chi connectivity index (χ0v) is 19.7. The van der Waals surface area contributed by atoms with Crippen molar-refractivity contribution in [1.82, 2.24) is 9.88 Å². The molecule has 2 amide bonds. The maximum Gasteiger partial charge on any atom is 0.305 e. The number of hydrogen-bond acceptors (Lipinski definition) is 6. The number of carboxylic acid groups (broad SMARTS) is 1. The van der Waals surface area contributed by atoms with Gasteiger partial charge in [-0.25, -0.2) is 0 Å². The van der Waals surface area contributed by atoms with Crippen molar-refractivity contribution in [3.63, 3.8) is 0 Å². The van der Waals surface area contributed by atoms with Crippen molar-refractivity contribution in [2.24, 2.45) is 29.6 Å². The Balaban J connectivity index is 1.39. The van der Waals surface area contributed by atoms with Crippen LogP contribution in [0.5, 0.6) is 0 Å². The summed E-state index contributed by atoms with van der Waals surface area (Å²) in [6.07, 6.45) is 1.09. The van der Waals surface area contributed by atoms with Gasteiger partial charge in [-0.1, -0.05) is 35.6 Å². The summed E-state index contributed by atoms with van der Waals surface area (Å²) in [6.45, 7) is 2.27. The highest BCUT2D eigenvalue weighted by Gasteiger charge is 2.69. The lowest BCUT2D eigenvalue weighted by atomic mass is 9.67.